The number of aromatic nitrogens is 4. The van der Waals surface area contributed by atoms with Gasteiger partial charge in [0.1, 0.15) is 17.0 Å². The predicted molar refractivity (Wildman–Crippen MR) is 141 cm³/mol. The van der Waals surface area contributed by atoms with E-state index in [0.29, 0.717) is 35.3 Å². The number of carbonyl (C=O) groups is 3. The number of tetrazole rings is 1. The molecule has 1 aliphatic heterocycles. The largest absolute Gasteiger partial charge is 0.478 e. The summed E-state index contributed by atoms with van der Waals surface area (Å²) in [5.41, 5.74) is -2.22. The number of nitrogens with zero attached hydrogens (tertiary/aromatic N) is 6. The Morgan fingerprint density at radius 3 is 2.24 bits per heavy atom. The van der Waals surface area contributed by atoms with Crippen LogP contribution in [0.5, 0.6) is 5.75 Å². The summed E-state index contributed by atoms with van der Waals surface area (Å²) in [6.07, 6.45) is 5.61. The number of amides is 2. The van der Waals surface area contributed by atoms with Gasteiger partial charge in [-0.25, -0.2) is 28.0 Å². The number of anilines is 1. The smallest absolute Gasteiger partial charge is 0.415 e. The number of ether oxygens (including phenoxy) is 1. The molecule has 2 aliphatic rings. The summed E-state index contributed by atoms with van der Waals surface area (Å²) >= 11 is 0. The highest BCUT2D eigenvalue weighted by Crippen LogP contribution is 2.32. The number of aromatic carboxylic acids is 1. The lowest BCUT2D eigenvalue weighted by atomic mass is 9.94. The third kappa shape index (κ3) is 5.67. The van der Waals surface area contributed by atoms with Crippen molar-refractivity contribution in [2.75, 3.05) is 18.0 Å². The van der Waals surface area contributed by atoms with Gasteiger partial charge < -0.3 is 14.7 Å². The van der Waals surface area contributed by atoms with E-state index in [1.165, 1.54) is 28.0 Å². The minimum absolute atomic E-state index is 0.121. The topological polar surface area (TPSA) is 140 Å². The van der Waals surface area contributed by atoms with Gasteiger partial charge in [-0.3, -0.25) is 4.90 Å². The second-order valence-corrected chi connectivity index (χ2v) is 10.0. The lowest BCUT2D eigenvalue weighted by Crippen LogP contribution is -2.47. The fraction of sp³-hybridized carbons (Fsp3) is 0.407. The van der Waals surface area contributed by atoms with Gasteiger partial charge in [0, 0.05) is 24.8 Å². The van der Waals surface area contributed by atoms with E-state index in [9.17, 15) is 33.1 Å². The van der Waals surface area contributed by atoms with Crippen molar-refractivity contribution in [3.05, 3.63) is 64.1 Å². The van der Waals surface area contributed by atoms with E-state index < -0.39 is 47.1 Å². The van der Waals surface area contributed by atoms with Gasteiger partial charge in [0.25, 0.3) is 0 Å². The molecule has 1 aliphatic carbocycles. The normalized spacial score (nSPS) is 15.9. The van der Waals surface area contributed by atoms with Crippen LogP contribution in [0.4, 0.5) is 24.1 Å². The van der Waals surface area contributed by atoms with Gasteiger partial charge in [-0.05, 0) is 72.9 Å². The molecule has 0 spiro atoms. The van der Waals surface area contributed by atoms with Crippen molar-refractivity contribution in [2.24, 2.45) is 0 Å². The summed E-state index contributed by atoms with van der Waals surface area (Å²) in [5.74, 6) is -3.72. The van der Waals surface area contributed by atoms with Crippen molar-refractivity contribution in [1.29, 1.82) is 0 Å². The standard InChI is InChI=1S/C27H28F2N6O6/c28-20-10-7-11-21(29)23(20)34-26(39)35(31-30-34)25(38)33(17-8-3-1-4-9-17)18-12-13-22(19(16-18)24(36)37)41-27(40)32-14-5-2-6-15-32/h7,10-13,16-17H,1-6,8-9,14-15H2,(H,36,37). The molecule has 1 aromatic heterocycles. The Morgan fingerprint density at radius 1 is 0.927 bits per heavy atom. The lowest BCUT2D eigenvalue weighted by molar-refractivity contribution is 0.0693. The molecular weight excluding hydrogens is 542 g/mol. The minimum atomic E-state index is -1.39. The molecule has 2 amide bonds. The first-order chi connectivity index (χ1) is 19.8. The quantitative estimate of drug-likeness (QED) is 0.450. The van der Waals surface area contributed by atoms with Crippen LogP contribution in [-0.4, -0.2) is 67.0 Å². The third-order valence-electron chi connectivity index (χ3n) is 7.34. The van der Waals surface area contributed by atoms with Crippen LogP contribution < -0.4 is 15.3 Å². The molecule has 1 N–H and O–H groups in total. The molecular formula is C27H28F2N6O6. The Kier molecular flexibility index (Phi) is 8.08. The van der Waals surface area contributed by atoms with Crippen molar-refractivity contribution < 1.29 is 33.0 Å². The molecule has 1 saturated heterocycles. The van der Waals surface area contributed by atoms with Crippen molar-refractivity contribution in [3.8, 4) is 11.4 Å². The summed E-state index contributed by atoms with van der Waals surface area (Å²) in [6.45, 7) is 1.02. The van der Waals surface area contributed by atoms with Crippen molar-refractivity contribution in [2.45, 2.75) is 57.4 Å². The summed E-state index contributed by atoms with van der Waals surface area (Å²) < 4.78 is 34.8. The van der Waals surface area contributed by atoms with Crippen LogP contribution in [0.15, 0.2) is 41.2 Å². The van der Waals surface area contributed by atoms with Gasteiger partial charge in [-0.15, -0.1) is 4.68 Å². The van der Waals surface area contributed by atoms with Gasteiger partial charge in [0.05, 0.1) is 0 Å². The second-order valence-electron chi connectivity index (χ2n) is 10.0. The van der Waals surface area contributed by atoms with Gasteiger partial charge in [-0.2, -0.15) is 4.68 Å². The Bertz CT molecular complexity index is 1510. The summed E-state index contributed by atoms with van der Waals surface area (Å²) in [6, 6.07) is 5.50. The van der Waals surface area contributed by atoms with Crippen molar-refractivity contribution in [1.82, 2.24) is 24.7 Å². The predicted octanol–water partition coefficient (Wildman–Crippen LogP) is 4.20. The fourth-order valence-corrected chi connectivity index (χ4v) is 5.28. The number of benzene rings is 2. The Balaban J connectivity index is 1.51. The maximum atomic E-state index is 14.3. The molecule has 12 nitrogen and oxygen atoms in total. The molecule has 41 heavy (non-hydrogen) atoms. The molecule has 2 aromatic carbocycles. The van der Waals surface area contributed by atoms with Crippen LogP contribution >= 0.6 is 0 Å². The lowest BCUT2D eigenvalue weighted by Gasteiger charge is -2.34. The number of carbonyl (C=O) groups excluding carboxylic acids is 2. The Hall–Kier alpha value is -4.62. The van der Waals surface area contributed by atoms with E-state index >= 15 is 0 Å². The van der Waals surface area contributed by atoms with Gasteiger partial charge in [0.2, 0.25) is 0 Å². The number of carboxylic acid groups (broad SMARTS) is 1. The highest BCUT2D eigenvalue weighted by molar-refractivity contribution is 5.97. The van der Waals surface area contributed by atoms with E-state index in [0.717, 1.165) is 56.7 Å². The first-order valence-corrected chi connectivity index (χ1v) is 13.4. The van der Waals surface area contributed by atoms with E-state index in [2.05, 4.69) is 10.4 Å². The zero-order chi connectivity index (χ0) is 29.1. The Labute approximate surface area is 232 Å². The van der Waals surface area contributed by atoms with Crippen LogP contribution in [-0.2, 0) is 0 Å². The molecule has 216 valence electrons. The highest BCUT2D eigenvalue weighted by atomic mass is 19.1. The molecule has 2 heterocycles. The average molecular weight is 571 g/mol. The van der Waals surface area contributed by atoms with Crippen LogP contribution in [0, 0.1) is 11.6 Å². The van der Waals surface area contributed by atoms with E-state index in [1.54, 1.807) is 0 Å². The zero-order valence-corrected chi connectivity index (χ0v) is 22.0. The monoisotopic (exact) mass is 570 g/mol. The second kappa shape index (κ2) is 11.9. The minimum Gasteiger partial charge on any atom is -0.478 e. The number of para-hydroxylation sites is 1. The van der Waals surface area contributed by atoms with Gasteiger partial charge in [0.15, 0.2) is 11.6 Å². The number of carboxylic acids is 1. The first kappa shape index (κ1) is 27.9. The molecule has 0 unspecified atom stereocenters. The molecule has 3 aromatic rings. The maximum absolute atomic E-state index is 14.3. The summed E-state index contributed by atoms with van der Waals surface area (Å²) in [4.78, 5) is 54.5. The molecule has 14 heteroatoms. The number of rotatable bonds is 5. The highest BCUT2D eigenvalue weighted by Gasteiger charge is 2.32. The van der Waals surface area contributed by atoms with Gasteiger partial charge in [-0.1, -0.05) is 25.3 Å². The number of likely N-dealkylation sites (tertiary alicyclic amines) is 1. The first-order valence-electron chi connectivity index (χ1n) is 13.4. The van der Waals surface area contributed by atoms with Crippen LogP contribution in [0.1, 0.15) is 61.7 Å². The average Bonchev–Trinajstić information content (AvgIpc) is 3.35. The molecule has 1 saturated carbocycles. The van der Waals surface area contributed by atoms with Crippen LogP contribution in [0.25, 0.3) is 5.69 Å². The van der Waals surface area contributed by atoms with Crippen molar-refractivity contribution >= 4 is 23.8 Å². The summed E-state index contributed by atoms with van der Waals surface area (Å²) in [7, 11) is 0. The zero-order valence-electron chi connectivity index (χ0n) is 22.0. The van der Waals surface area contributed by atoms with Crippen molar-refractivity contribution in [3.63, 3.8) is 0 Å². The molecule has 0 radical (unpaired) electrons. The number of halogens is 2. The third-order valence-corrected chi connectivity index (χ3v) is 7.34. The molecule has 0 atom stereocenters. The number of hydrogen-bond donors (Lipinski definition) is 1. The molecule has 2 fully saturated rings. The van der Waals surface area contributed by atoms with E-state index in [-0.39, 0.29) is 17.0 Å². The van der Waals surface area contributed by atoms with Gasteiger partial charge >= 0.3 is 23.8 Å². The fourth-order valence-electron chi connectivity index (χ4n) is 5.28. The summed E-state index contributed by atoms with van der Waals surface area (Å²) in [5, 5.41) is 17.0. The van der Waals surface area contributed by atoms with Crippen LogP contribution in [0.3, 0.4) is 0 Å². The SMILES string of the molecule is O=C(O)c1cc(N(C(=O)n2nnn(-c3c(F)cccc3F)c2=O)C2CCCCC2)ccc1OC(=O)N1CCCCC1. The van der Waals surface area contributed by atoms with Crippen LogP contribution in [0.2, 0.25) is 0 Å². The molecule has 5 rings (SSSR count). The van der Waals surface area contributed by atoms with E-state index in [4.69, 9.17) is 4.74 Å². The number of piperidine rings is 1. The molecule has 0 bridgehead atoms. The van der Waals surface area contributed by atoms with E-state index in [1.807, 2.05) is 0 Å². The number of hydrogen-bond acceptors (Lipinski definition) is 7. The maximum Gasteiger partial charge on any atom is 0.415 e. The Morgan fingerprint density at radius 2 is 1.59 bits per heavy atom.